The fraction of sp³-hybridized carbons (Fsp3) is 0.0877. The third-order valence-electron chi connectivity index (χ3n) is 13.0. The summed E-state index contributed by atoms with van der Waals surface area (Å²) in [5, 5.41) is 4.70. The summed E-state index contributed by atoms with van der Waals surface area (Å²) in [6, 6.07) is 64.4. The van der Waals surface area contributed by atoms with Gasteiger partial charge in [0.05, 0.1) is 27.8 Å². The molecule has 286 valence electrons. The molecule has 2 heterocycles. The van der Waals surface area contributed by atoms with Crippen LogP contribution in [0.3, 0.4) is 0 Å². The van der Waals surface area contributed by atoms with Crippen LogP contribution in [-0.2, 0) is 5.41 Å². The highest BCUT2D eigenvalue weighted by atomic mass is 16.3. The van der Waals surface area contributed by atoms with Crippen molar-refractivity contribution in [2.24, 2.45) is 0 Å². The first-order valence-corrected chi connectivity index (χ1v) is 21.1. The minimum Gasteiger partial charge on any atom is -0.456 e. The van der Waals surface area contributed by atoms with E-state index in [1.54, 1.807) is 0 Å². The molecule has 0 saturated heterocycles. The Morgan fingerprint density at radius 3 is 2.08 bits per heavy atom. The van der Waals surface area contributed by atoms with Crippen molar-refractivity contribution in [1.29, 1.82) is 0 Å². The maximum Gasteiger partial charge on any atom is 0.137 e. The fourth-order valence-corrected chi connectivity index (χ4v) is 10.1. The Hall–Kier alpha value is -7.36. The predicted molar refractivity (Wildman–Crippen MR) is 252 cm³/mol. The fourth-order valence-electron chi connectivity index (χ4n) is 10.1. The number of para-hydroxylation sites is 2. The van der Waals surface area contributed by atoms with Crippen LogP contribution in [0.1, 0.15) is 37.8 Å². The van der Waals surface area contributed by atoms with Gasteiger partial charge in [-0.3, -0.25) is 0 Å². The third kappa shape index (κ3) is 5.22. The second-order valence-electron chi connectivity index (χ2n) is 16.8. The SMILES string of the molecule is CC1(C)c2ccccc2-c2ccc(N(c3ccccc3-c3ccccc3)c3cccc4oc5ccc(-c6ccc7c(c6)c6ccccc6n7C6=CCCC=C6)cc5c34)cc21. The first-order valence-electron chi connectivity index (χ1n) is 21.1. The van der Waals surface area contributed by atoms with E-state index in [1.807, 2.05) is 0 Å². The second kappa shape index (κ2) is 13.3. The molecular formula is C57H42N2O. The minimum absolute atomic E-state index is 0.146. The van der Waals surface area contributed by atoms with Crippen molar-refractivity contribution in [1.82, 2.24) is 4.57 Å². The molecule has 10 aromatic rings. The lowest BCUT2D eigenvalue weighted by Gasteiger charge is -2.30. The van der Waals surface area contributed by atoms with Crippen LogP contribution >= 0.6 is 0 Å². The van der Waals surface area contributed by atoms with Crippen LogP contribution in [0.2, 0.25) is 0 Å². The van der Waals surface area contributed by atoms with Gasteiger partial charge in [-0.1, -0.05) is 141 Å². The highest BCUT2D eigenvalue weighted by Gasteiger charge is 2.36. The Morgan fingerprint density at radius 1 is 0.500 bits per heavy atom. The number of hydrogen-bond acceptors (Lipinski definition) is 2. The number of benzene rings is 8. The van der Waals surface area contributed by atoms with Gasteiger partial charge in [-0.15, -0.1) is 0 Å². The van der Waals surface area contributed by atoms with Gasteiger partial charge < -0.3 is 13.9 Å². The van der Waals surface area contributed by atoms with Crippen molar-refractivity contribution >= 4 is 66.5 Å². The minimum atomic E-state index is -0.146. The van der Waals surface area contributed by atoms with E-state index < -0.39 is 0 Å². The van der Waals surface area contributed by atoms with Gasteiger partial charge in [0.15, 0.2) is 0 Å². The van der Waals surface area contributed by atoms with E-state index in [-0.39, 0.29) is 5.41 Å². The van der Waals surface area contributed by atoms with E-state index in [1.165, 1.54) is 66.4 Å². The highest BCUT2D eigenvalue weighted by molar-refractivity contribution is 6.16. The molecule has 8 aromatic carbocycles. The van der Waals surface area contributed by atoms with Crippen LogP contribution in [0, 0.1) is 0 Å². The number of nitrogens with zero attached hydrogens (tertiary/aromatic N) is 2. The molecule has 0 fully saturated rings. The van der Waals surface area contributed by atoms with Gasteiger partial charge in [-0.25, -0.2) is 0 Å². The predicted octanol–water partition coefficient (Wildman–Crippen LogP) is 16.0. The summed E-state index contributed by atoms with van der Waals surface area (Å²) in [6.45, 7) is 4.71. The van der Waals surface area contributed by atoms with Crippen LogP contribution in [0.25, 0.3) is 82.8 Å². The van der Waals surface area contributed by atoms with E-state index in [4.69, 9.17) is 4.42 Å². The summed E-state index contributed by atoms with van der Waals surface area (Å²) in [7, 11) is 0. The molecule has 0 atom stereocenters. The maximum absolute atomic E-state index is 6.73. The first-order chi connectivity index (χ1) is 29.5. The molecule has 0 bridgehead atoms. The van der Waals surface area contributed by atoms with E-state index in [2.05, 4.69) is 217 Å². The van der Waals surface area contributed by atoms with Crippen LogP contribution in [0.15, 0.2) is 199 Å². The lowest BCUT2D eigenvalue weighted by Crippen LogP contribution is -2.17. The molecule has 12 rings (SSSR count). The number of furan rings is 1. The smallest absolute Gasteiger partial charge is 0.137 e. The number of rotatable bonds is 6. The number of aromatic nitrogens is 1. The van der Waals surface area contributed by atoms with Gasteiger partial charge in [-0.05, 0) is 119 Å². The van der Waals surface area contributed by atoms with Crippen molar-refractivity contribution in [3.8, 4) is 33.4 Å². The molecule has 0 unspecified atom stereocenters. The van der Waals surface area contributed by atoms with Crippen molar-refractivity contribution < 1.29 is 4.42 Å². The molecule has 0 N–H and O–H groups in total. The Bertz CT molecular complexity index is 3410. The quantitative estimate of drug-likeness (QED) is 0.168. The van der Waals surface area contributed by atoms with E-state index >= 15 is 0 Å². The van der Waals surface area contributed by atoms with Gasteiger partial charge in [0.25, 0.3) is 0 Å². The molecule has 2 aliphatic rings. The molecule has 60 heavy (non-hydrogen) atoms. The van der Waals surface area contributed by atoms with Crippen LogP contribution in [0.5, 0.6) is 0 Å². The van der Waals surface area contributed by atoms with Gasteiger partial charge >= 0.3 is 0 Å². The summed E-state index contributed by atoms with van der Waals surface area (Å²) in [6.07, 6.45) is 9.07. The van der Waals surface area contributed by atoms with Crippen molar-refractivity contribution in [3.63, 3.8) is 0 Å². The average molecular weight is 771 g/mol. The summed E-state index contributed by atoms with van der Waals surface area (Å²) in [4.78, 5) is 2.46. The molecule has 2 aliphatic carbocycles. The summed E-state index contributed by atoms with van der Waals surface area (Å²) >= 11 is 0. The molecule has 0 radical (unpaired) electrons. The van der Waals surface area contributed by atoms with Gasteiger partial charge in [0, 0.05) is 38.5 Å². The van der Waals surface area contributed by atoms with Crippen LogP contribution in [-0.4, -0.2) is 4.57 Å². The van der Waals surface area contributed by atoms with Crippen molar-refractivity contribution in [2.45, 2.75) is 32.1 Å². The highest BCUT2D eigenvalue weighted by Crippen LogP contribution is 2.52. The van der Waals surface area contributed by atoms with E-state index in [0.29, 0.717) is 0 Å². The second-order valence-corrected chi connectivity index (χ2v) is 16.8. The molecule has 0 aliphatic heterocycles. The normalized spacial score (nSPS) is 14.2. The van der Waals surface area contributed by atoms with Crippen molar-refractivity contribution in [2.75, 3.05) is 4.90 Å². The van der Waals surface area contributed by atoms with Crippen LogP contribution < -0.4 is 4.90 Å². The molecule has 0 amide bonds. The van der Waals surface area contributed by atoms with Gasteiger partial charge in [0.2, 0.25) is 0 Å². The summed E-state index contributed by atoms with van der Waals surface area (Å²) in [5.41, 5.74) is 18.6. The van der Waals surface area contributed by atoms with Crippen LogP contribution in [0.4, 0.5) is 17.1 Å². The summed E-state index contributed by atoms with van der Waals surface area (Å²) < 4.78 is 9.15. The Morgan fingerprint density at radius 2 is 1.22 bits per heavy atom. The largest absolute Gasteiger partial charge is 0.456 e. The van der Waals surface area contributed by atoms with Gasteiger partial charge in [-0.2, -0.15) is 0 Å². The zero-order valence-corrected chi connectivity index (χ0v) is 33.7. The average Bonchev–Trinajstić information content (AvgIpc) is 3.92. The van der Waals surface area contributed by atoms with E-state index in [9.17, 15) is 0 Å². The lowest BCUT2D eigenvalue weighted by molar-refractivity contribution is 0.660. The molecule has 3 nitrogen and oxygen atoms in total. The number of fused-ring (bicyclic) bond motifs is 9. The zero-order valence-electron chi connectivity index (χ0n) is 33.7. The standard InChI is InChI=1S/C57H42N2O/c1-57(2)48-23-12-9-21-43(48)44-31-30-41(36-49(44)57)59(50-24-13-10-20-42(50)37-16-5-3-6-17-37)53-26-15-27-55-56(53)47-35-39(29-33-54(47)60-55)38-28-32-52-46(34-38)45-22-11-14-25-51(45)58(52)40-18-7-4-8-19-40/h3,5-7,9-36H,4,8H2,1-2H3. The molecular weight excluding hydrogens is 729 g/mol. The number of allylic oxidation sites excluding steroid dienone is 4. The zero-order chi connectivity index (χ0) is 40.0. The number of anilines is 3. The Labute approximate surface area is 349 Å². The molecule has 2 aromatic heterocycles. The van der Waals surface area contributed by atoms with Crippen molar-refractivity contribution in [3.05, 3.63) is 205 Å². The van der Waals surface area contributed by atoms with E-state index in [0.717, 1.165) is 57.4 Å². The third-order valence-corrected chi connectivity index (χ3v) is 13.0. The topological polar surface area (TPSA) is 21.3 Å². The Kier molecular flexibility index (Phi) is 7.71. The Balaban J connectivity index is 1.07. The first kappa shape index (κ1) is 34.7. The summed E-state index contributed by atoms with van der Waals surface area (Å²) in [5.74, 6) is 0. The molecule has 3 heteroatoms. The lowest BCUT2D eigenvalue weighted by atomic mass is 9.82. The molecule has 0 saturated carbocycles. The molecule has 0 spiro atoms. The maximum atomic E-state index is 6.73. The monoisotopic (exact) mass is 770 g/mol. The number of hydrogen-bond donors (Lipinski definition) is 0. The van der Waals surface area contributed by atoms with Gasteiger partial charge in [0.1, 0.15) is 11.2 Å².